The Morgan fingerprint density at radius 2 is 1.63 bits per heavy atom. The average molecular weight is 559 g/mol. The summed E-state index contributed by atoms with van der Waals surface area (Å²) in [5, 5.41) is 2.57. The largest absolute Gasteiger partial charge is 1.00 e. The third-order valence-electron chi connectivity index (χ3n) is 5.13. The molecule has 35 heavy (non-hydrogen) atoms. The first-order valence-electron chi connectivity index (χ1n) is 10.4. The van der Waals surface area contributed by atoms with Crippen molar-refractivity contribution in [3.63, 3.8) is 0 Å². The van der Waals surface area contributed by atoms with Gasteiger partial charge in [0.1, 0.15) is 11.6 Å². The Morgan fingerprint density at radius 1 is 1.09 bits per heavy atom. The molecule has 0 aromatic carbocycles. The van der Waals surface area contributed by atoms with Gasteiger partial charge in [0.05, 0.1) is 6.61 Å². The molecule has 2 aliphatic heterocycles. The van der Waals surface area contributed by atoms with Crippen molar-refractivity contribution in [3.8, 4) is 0 Å². The zero-order chi connectivity index (χ0) is 25.1. The van der Waals surface area contributed by atoms with Gasteiger partial charge in [0.25, 0.3) is 5.91 Å². The van der Waals surface area contributed by atoms with E-state index in [1.54, 1.807) is 6.92 Å². The first-order valence-corrected chi connectivity index (χ1v) is 13.7. The summed E-state index contributed by atoms with van der Waals surface area (Å²) < 4.78 is 32.8. The number of nitrogens with zero attached hydrogens (tertiary/aromatic N) is 2. The van der Waals surface area contributed by atoms with Crippen molar-refractivity contribution in [2.24, 2.45) is 5.92 Å². The van der Waals surface area contributed by atoms with E-state index in [9.17, 15) is 43.1 Å². The van der Waals surface area contributed by atoms with Crippen LogP contribution in [0, 0.1) is 5.92 Å². The van der Waals surface area contributed by atoms with E-state index in [2.05, 4.69) is 5.32 Å². The molecule has 14 nitrogen and oxygen atoms in total. The number of amides is 2. The van der Waals surface area contributed by atoms with E-state index in [1.165, 1.54) is 4.90 Å². The predicted molar refractivity (Wildman–Crippen MR) is 108 cm³/mol. The van der Waals surface area contributed by atoms with Crippen molar-refractivity contribution in [1.29, 1.82) is 0 Å². The SMILES string of the molecule is CCOC(=O)[C@H]1O[C@@H]1C(=O)N[C@@H](CC(C)C)C(=O)N1CCN(C(P(=O)([O-])[O-])P(=O)(O)O)CC1.[Na+].[Na+]. The van der Waals surface area contributed by atoms with E-state index in [0.29, 0.717) is 0 Å². The Kier molecular flexibility index (Phi) is 15.0. The first kappa shape index (κ1) is 35.6. The minimum atomic E-state index is -5.64. The van der Waals surface area contributed by atoms with Gasteiger partial charge in [-0.2, -0.15) is 0 Å². The maximum absolute atomic E-state index is 13.0. The number of carbonyl (C=O) groups excluding carboxylic acids is 3. The average Bonchev–Trinajstić information content (AvgIpc) is 3.46. The molecule has 4 atom stereocenters. The zero-order valence-corrected chi connectivity index (χ0v) is 26.3. The molecule has 0 saturated carbocycles. The number of nitrogens with one attached hydrogen (secondary N) is 1. The molecule has 2 rings (SSSR count). The monoisotopic (exact) mass is 559 g/mol. The molecule has 0 aromatic heterocycles. The van der Waals surface area contributed by atoms with Crippen LogP contribution in [0.15, 0.2) is 0 Å². The summed E-state index contributed by atoms with van der Waals surface area (Å²) in [6, 6.07) is -0.959. The van der Waals surface area contributed by atoms with Gasteiger partial charge in [-0.1, -0.05) is 13.8 Å². The van der Waals surface area contributed by atoms with Crippen LogP contribution in [-0.4, -0.2) is 93.9 Å². The topological polar surface area (TPSA) is 212 Å². The van der Waals surface area contributed by atoms with Gasteiger partial charge >= 0.3 is 72.7 Å². The Hall–Kier alpha value is 0.630. The van der Waals surface area contributed by atoms with Crippen LogP contribution in [0.5, 0.6) is 0 Å². The van der Waals surface area contributed by atoms with E-state index in [1.807, 2.05) is 13.8 Å². The van der Waals surface area contributed by atoms with Crippen molar-refractivity contribution in [2.45, 2.75) is 51.0 Å². The van der Waals surface area contributed by atoms with Gasteiger partial charge < -0.3 is 43.8 Å². The number of esters is 1. The fourth-order valence-corrected chi connectivity index (χ4v) is 6.41. The molecule has 2 aliphatic rings. The summed E-state index contributed by atoms with van der Waals surface area (Å²) in [6.45, 7) is 4.69. The number of piperazine rings is 1. The predicted octanol–water partition coefficient (Wildman–Crippen LogP) is -8.63. The van der Waals surface area contributed by atoms with Crippen LogP contribution >= 0.6 is 15.2 Å². The third kappa shape index (κ3) is 10.4. The van der Waals surface area contributed by atoms with Crippen LogP contribution in [0.1, 0.15) is 27.2 Å². The van der Waals surface area contributed by atoms with Crippen LogP contribution < -0.4 is 74.2 Å². The number of ether oxygens (including phenoxy) is 2. The summed E-state index contributed by atoms with van der Waals surface area (Å²) in [6.07, 6.45) is -1.82. The molecule has 0 aliphatic carbocycles. The second-order valence-electron chi connectivity index (χ2n) is 8.26. The first-order chi connectivity index (χ1) is 15.2. The normalized spacial score (nSPS) is 22.3. The third-order valence-corrected chi connectivity index (χ3v) is 8.70. The molecular formula is C17H29N3Na2O11P2. The molecule has 2 amide bonds. The summed E-state index contributed by atoms with van der Waals surface area (Å²) in [7, 11) is -10.9. The Labute approximate surface area is 247 Å². The number of carbonyl (C=O) groups is 3. The summed E-state index contributed by atoms with van der Waals surface area (Å²) in [4.78, 5) is 80.7. The number of hydrogen-bond acceptors (Lipinski definition) is 10. The van der Waals surface area contributed by atoms with Crippen LogP contribution in [0.25, 0.3) is 0 Å². The standard InChI is InChI=1S/C17H31N3O11P2.2Na/c1-4-30-16(23)13-12(31-13)14(21)18-11(9-10(2)3)15(22)19-5-7-20(8-6-19)17(32(24,25)26)33(27,28)29;;/h10-13,17H,4-9H2,1-3H3,(H,18,21)(H2,24,25,26)(H2,27,28,29);;/q;2*+1/p-2/t11-,12-,13-;;/m0../s1. The number of epoxide rings is 1. The van der Waals surface area contributed by atoms with E-state index >= 15 is 0 Å². The van der Waals surface area contributed by atoms with E-state index in [0.717, 1.165) is 4.90 Å². The maximum Gasteiger partial charge on any atom is 1.00 e. The summed E-state index contributed by atoms with van der Waals surface area (Å²) in [5.74, 6) is -1.79. The summed E-state index contributed by atoms with van der Waals surface area (Å²) in [5.41, 5.74) is -2.50. The fourth-order valence-electron chi connectivity index (χ4n) is 3.65. The fraction of sp³-hybridized carbons (Fsp3) is 0.824. The van der Waals surface area contributed by atoms with E-state index in [-0.39, 0.29) is 104 Å². The smallest absolute Gasteiger partial charge is 0.809 e. The van der Waals surface area contributed by atoms with Gasteiger partial charge in [0, 0.05) is 26.2 Å². The molecule has 0 radical (unpaired) electrons. The number of rotatable bonds is 10. The Bertz CT molecular complexity index is 823. The second-order valence-corrected chi connectivity index (χ2v) is 11.9. The van der Waals surface area contributed by atoms with Crippen molar-refractivity contribution in [3.05, 3.63) is 0 Å². The second kappa shape index (κ2) is 14.7. The van der Waals surface area contributed by atoms with Gasteiger partial charge in [0.2, 0.25) is 5.91 Å². The van der Waals surface area contributed by atoms with Crippen LogP contribution in [0.4, 0.5) is 0 Å². The molecule has 18 heteroatoms. The van der Waals surface area contributed by atoms with Crippen LogP contribution in [-0.2, 0) is 33.0 Å². The molecule has 0 spiro atoms. The van der Waals surface area contributed by atoms with E-state index in [4.69, 9.17) is 9.47 Å². The number of hydrogen-bond donors (Lipinski definition) is 3. The molecule has 1 unspecified atom stereocenters. The van der Waals surface area contributed by atoms with Gasteiger partial charge in [-0.25, -0.2) is 4.79 Å². The van der Waals surface area contributed by atoms with Crippen LogP contribution in [0.3, 0.4) is 0 Å². The Balaban J connectivity index is 0.00000578. The van der Waals surface area contributed by atoms with E-state index < -0.39 is 56.7 Å². The molecule has 2 fully saturated rings. The maximum atomic E-state index is 13.0. The van der Waals surface area contributed by atoms with Gasteiger partial charge in [-0.05, 0) is 26.9 Å². The molecule has 0 aromatic rings. The summed E-state index contributed by atoms with van der Waals surface area (Å²) >= 11 is 0. The van der Waals surface area contributed by atoms with Crippen molar-refractivity contribution in [2.75, 3.05) is 32.8 Å². The van der Waals surface area contributed by atoms with Crippen LogP contribution in [0.2, 0.25) is 0 Å². The van der Waals surface area contributed by atoms with Gasteiger partial charge in [-0.15, -0.1) is 0 Å². The van der Waals surface area contributed by atoms with Crippen molar-refractivity contribution in [1.82, 2.24) is 15.1 Å². The molecule has 3 N–H and O–H groups in total. The molecule has 2 heterocycles. The Morgan fingerprint density at radius 3 is 2.06 bits per heavy atom. The molecular weight excluding hydrogens is 530 g/mol. The quantitative estimate of drug-likeness (QED) is 0.0986. The molecule has 2 saturated heterocycles. The molecule has 0 bridgehead atoms. The minimum absolute atomic E-state index is 0. The van der Waals surface area contributed by atoms with Crippen molar-refractivity contribution < 1.29 is 112 Å². The molecule has 190 valence electrons. The zero-order valence-electron chi connectivity index (χ0n) is 20.5. The van der Waals surface area contributed by atoms with Gasteiger partial charge in [0.15, 0.2) is 12.2 Å². The minimum Gasteiger partial charge on any atom is -0.809 e. The van der Waals surface area contributed by atoms with Crippen molar-refractivity contribution >= 4 is 33.0 Å². The van der Waals surface area contributed by atoms with Gasteiger partial charge in [-0.3, -0.25) is 19.1 Å².